The Bertz CT molecular complexity index is 523. The summed E-state index contributed by atoms with van der Waals surface area (Å²) < 4.78 is 19.2. The molecule has 116 valence electrons. The van der Waals surface area contributed by atoms with Crippen LogP contribution in [-0.2, 0) is 0 Å². The van der Waals surface area contributed by atoms with Gasteiger partial charge >= 0.3 is 0 Å². The number of ether oxygens (including phenoxy) is 1. The first-order valence-electron chi connectivity index (χ1n) is 7.31. The second kappa shape index (κ2) is 6.43. The number of methoxy groups -OCH3 is 1. The van der Waals surface area contributed by atoms with Crippen LogP contribution in [0.15, 0.2) is 12.1 Å². The average Bonchev–Trinajstić information content (AvgIpc) is 2.47. The molecule has 21 heavy (non-hydrogen) atoms. The maximum absolute atomic E-state index is 14.1. The first-order valence-corrected chi connectivity index (χ1v) is 7.31. The third kappa shape index (κ3) is 3.35. The fourth-order valence-corrected chi connectivity index (χ4v) is 2.65. The molecule has 1 aromatic rings. The Morgan fingerprint density at radius 1 is 1.24 bits per heavy atom. The summed E-state index contributed by atoms with van der Waals surface area (Å²) in [5, 5.41) is 0. The number of hydrogen-bond acceptors (Lipinski definition) is 3. The molecule has 1 aliphatic heterocycles. The van der Waals surface area contributed by atoms with Gasteiger partial charge in [-0.15, -0.1) is 0 Å². The molecule has 1 heterocycles. The summed E-state index contributed by atoms with van der Waals surface area (Å²) in [6.07, 6.45) is 0. The molecule has 2 rings (SSSR count). The van der Waals surface area contributed by atoms with E-state index in [1.165, 1.54) is 19.2 Å². The summed E-state index contributed by atoms with van der Waals surface area (Å²) in [5.41, 5.74) is 0.784. The Balaban J connectivity index is 2.14. The zero-order valence-corrected chi connectivity index (χ0v) is 13.1. The summed E-state index contributed by atoms with van der Waals surface area (Å²) >= 11 is 0. The highest BCUT2D eigenvalue weighted by molar-refractivity contribution is 5.95. The van der Waals surface area contributed by atoms with Gasteiger partial charge in [0.05, 0.1) is 12.7 Å². The van der Waals surface area contributed by atoms with Crippen molar-refractivity contribution in [3.05, 3.63) is 29.1 Å². The van der Waals surface area contributed by atoms with Gasteiger partial charge in [-0.25, -0.2) is 4.39 Å². The van der Waals surface area contributed by atoms with E-state index in [0.717, 1.165) is 13.1 Å². The lowest BCUT2D eigenvalue weighted by Crippen LogP contribution is -2.50. The molecule has 0 aliphatic carbocycles. The fraction of sp³-hybridized carbons (Fsp3) is 0.562. The van der Waals surface area contributed by atoms with Crippen molar-refractivity contribution in [3.63, 3.8) is 0 Å². The summed E-state index contributed by atoms with van der Waals surface area (Å²) in [6, 6.07) is 3.33. The van der Waals surface area contributed by atoms with E-state index in [-0.39, 0.29) is 11.5 Å². The average molecular weight is 294 g/mol. The van der Waals surface area contributed by atoms with Crippen molar-refractivity contribution >= 4 is 5.91 Å². The summed E-state index contributed by atoms with van der Waals surface area (Å²) in [6.45, 7) is 8.96. The molecule has 0 atom stereocenters. The standard InChI is InChI=1S/C16H23FN2O2/c1-11(2)18-5-7-19(8-6-18)16(20)13-10-15(21-4)12(3)9-14(13)17/h9-11H,5-8H2,1-4H3. The van der Waals surface area contributed by atoms with E-state index in [1.54, 1.807) is 11.8 Å². The maximum atomic E-state index is 14.1. The van der Waals surface area contributed by atoms with E-state index in [0.29, 0.717) is 30.4 Å². The lowest BCUT2D eigenvalue weighted by atomic mass is 10.1. The van der Waals surface area contributed by atoms with Gasteiger partial charge in [0, 0.05) is 32.2 Å². The highest BCUT2D eigenvalue weighted by atomic mass is 19.1. The minimum atomic E-state index is -0.482. The second-order valence-electron chi connectivity index (χ2n) is 5.72. The molecule has 1 amide bonds. The second-order valence-corrected chi connectivity index (χ2v) is 5.72. The SMILES string of the molecule is COc1cc(C(=O)N2CCN(C(C)C)CC2)c(F)cc1C. The van der Waals surface area contributed by atoms with Crippen LogP contribution in [0.5, 0.6) is 5.75 Å². The van der Waals surface area contributed by atoms with Gasteiger partial charge in [0.25, 0.3) is 5.91 Å². The molecule has 5 heteroatoms. The van der Waals surface area contributed by atoms with E-state index < -0.39 is 5.82 Å². The summed E-state index contributed by atoms with van der Waals surface area (Å²) in [7, 11) is 1.52. The van der Waals surface area contributed by atoms with Crippen molar-refractivity contribution in [2.24, 2.45) is 0 Å². The molecule has 0 spiro atoms. The van der Waals surface area contributed by atoms with Gasteiger partial charge in [-0.1, -0.05) is 0 Å². The third-order valence-electron chi connectivity index (χ3n) is 4.05. The smallest absolute Gasteiger partial charge is 0.257 e. The Labute approximate surface area is 125 Å². The largest absolute Gasteiger partial charge is 0.496 e. The van der Waals surface area contributed by atoms with E-state index in [1.807, 2.05) is 0 Å². The van der Waals surface area contributed by atoms with Crippen molar-refractivity contribution < 1.29 is 13.9 Å². The van der Waals surface area contributed by atoms with Crippen LogP contribution in [0.3, 0.4) is 0 Å². The number of nitrogens with zero attached hydrogens (tertiary/aromatic N) is 2. The van der Waals surface area contributed by atoms with Gasteiger partial charge in [0.15, 0.2) is 0 Å². The van der Waals surface area contributed by atoms with Gasteiger partial charge in [-0.2, -0.15) is 0 Å². The molecule has 4 nitrogen and oxygen atoms in total. The minimum absolute atomic E-state index is 0.0930. The summed E-state index contributed by atoms with van der Waals surface area (Å²) in [5.74, 6) is -0.195. The predicted octanol–water partition coefficient (Wildman–Crippen LogP) is 2.31. The lowest BCUT2D eigenvalue weighted by Gasteiger charge is -2.37. The third-order valence-corrected chi connectivity index (χ3v) is 4.05. The molecule has 1 saturated heterocycles. The molecule has 0 radical (unpaired) electrons. The van der Waals surface area contributed by atoms with Crippen molar-refractivity contribution in [1.82, 2.24) is 9.80 Å². The zero-order chi connectivity index (χ0) is 15.6. The maximum Gasteiger partial charge on any atom is 0.257 e. The molecule has 1 fully saturated rings. The highest BCUT2D eigenvalue weighted by Gasteiger charge is 2.25. The van der Waals surface area contributed by atoms with Crippen LogP contribution in [0.4, 0.5) is 4.39 Å². The Hall–Kier alpha value is -1.62. The van der Waals surface area contributed by atoms with Crippen LogP contribution in [-0.4, -0.2) is 55.0 Å². The number of hydrogen-bond donors (Lipinski definition) is 0. The quantitative estimate of drug-likeness (QED) is 0.857. The number of aryl methyl sites for hydroxylation is 1. The van der Waals surface area contributed by atoms with E-state index in [9.17, 15) is 9.18 Å². The van der Waals surface area contributed by atoms with Crippen molar-refractivity contribution in [2.45, 2.75) is 26.8 Å². The van der Waals surface area contributed by atoms with Gasteiger partial charge in [-0.3, -0.25) is 9.69 Å². The molecule has 1 aromatic carbocycles. The number of halogens is 1. The monoisotopic (exact) mass is 294 g/mol. The van der Waals surface area contributed by atoms with E-state index in [2.05, 4.69) is 18.7 Å². The molecule has 0 saturated carbocycles. The van der Waals surface area contributed by atoms with Crippen LogP contribution in [0, 0.1) is 12.7 Å². The topological polar surface area (TPSA) is 32.8 Å². The van der Waals surface area contributed by atoms with Gasteiger partial charge in [0.1, 0.15) is 11.6 Å². The van der Waals surface area contributed by atoms with Crippen LogP contribution >= 0.6 is 0 Å². The first-order chi connectivity index (χ1) is 9.93. The number of piperazine rings is 1. The van der Waals surface area contributed by atoms with Crippen molar-refractivity contribution in [2.75, 3.05) is 33.3 Å². The Morgan fingerprint density at radius 2 is 1.86 bits per heavy atom. The van der Waals surface area contributed by atoms with Crippen LogP contribution in [0.2, 0.25) is 0 Å². The lowest BCUT2D eigenvalue weighted by molar-refractivity contribution is 0.0590. The molecule has 0 unspecified atom stereocenters. The van der Waals surface area contributed by atoms with E-state index >= 15 is 0 Å². The van der Waals surface area contributed by atoms with Crippen molar-refractivity contribution in [1.29, 1.82) is 0 Å². The van der Waals surface area contributed by atoms with Gasteiger partial charge < -0.3 is 9.64 Å². The number of benzene rings is 1. The Kier molecular flexibility index (Phi) is 4.83. The molecule has 0 aromatic heterocycles. The van der Waals surface area contributed by atoms with Crippen LogP contribution < -0.4 is 4.74 Å². The molecule has 0 bridgehead atoms. The number of carbonyl (C=O) groups is 1. The highest BCUT2D eigenvalue weighted by Crippen LogP contribution is 2.23. The molecular weight excluding hydrogens is 271 g/mol. The van der Waals surface area contributed by atoms with Crippen LogP contribution in [0.1, 0.15) is 29.8 Å². The number of rotatable bonds is 3. The zero-order valence-electron chi connectivity index (χ0n) is 13.1. The first kappa shape index (κ1) is 15.8. The summed E-state index contributed by atoms with van der Waals surface area (Å²) in [4.78, 5) is 16.5. The van der Waals surface area contributed by atoms with E-state index in [4.69, 9.17) is 4.74 Å². The van der Waals surface area contributed by atoms with Gasteiger partial charge in [-0.05, 0) is 38.5 Å². The molecule has 1 aliphatic rings. The van der Waals surface area contributed by atoms with Gasteiger partial charge in [0.2, 0.25) is 0 Å². The van der Waals surface area contributed by atoms with Crippen LogP contribution in [0.25, 0.3) is 0 Å². The molecule has 0 N–H and O–H groups in total. The van der Waals surface area contributed by atoms with Crippen molar-refractivity contribution in [3.8, 4) is 5.75 Å². The number of amides is 1. The predicted molar refractivity (Wildman–Crippen MR) is 80.3 cm³/mol. The normalized spacial score (nSPS) is 16.4. The minimum Gasteiger partial charge on any atom is -0.496 e. The Morgan fingerprint density at radius 3 is 2.38 bits per heavy atom. The number of carbonyl (C=O) groups excluding carboxylic acids is 1. The fourth-order valence-electron chi connectivity index (χ4n) is 2.65. The molecular formula is C16H23FN2O2.